The minimum absolute atomic E-state index is 0.103. The van der Waals surface area contributed by atoms with Gasteiger partial charge in [0.05, 0.1) is 0 Å². The van der Waals surface area contributed by atoms with Crippen LogP contribution in [0.5, 0.6) is 0 Å². The van der Waals surface area contributed by atoms with Crippen LogP contribution < -0.4 is 4.90 Å². The third kappa shape index (κ3) is 6.53. The number of nitrogens with zero attached hydrogens (tertiary/aromatic N) is 3. The number of piperidine rings is 1. The van der Waals surface area contributed by atoms with Gasteiger partial charge in [0.1, 0.15) is 6.61 Å². The van der Waals surface area contributed by atoms with Gasteiger partial charge in [0.15, 0.2) is 0 Å². The van der Waals surface area contributed by atoms with Gasteiger partial charge in [0, 0.05) is 50.5 Å². The van der Waals surface area contributed by atoms with Crippen molar-refractivity contribution in [2.45, 2.75) is 57.8 Å². The monoisotopic (exact) mass is 497 g/mol. The number of carbonyl (C=O) groups is 1. The molecule has 1 atom stereocenters. The fourth-order valence-corrected chi connectivity index (χ4v) is 5.69. The second-order valence-electron chi connectivity index (χ2n) is 10.4. The molecule has 5 heteroatoms. The molecule has 2 aliphatic heterocycles. The summed E-state index contributed by atoms with van der Waals surface area (Å²) in [5.41, 5.74) is 5.37. The molecule has 5 nitrogen and oxygen atoms in total. The topological polar surface area (TPSA) is 36.0 Å². The summed E-state index contributed by atoms with van der Waals surface area (Å²) in [6.45, 7) is 6.80. The van der Waals surface area contributed by atoms with Gasteiger partial charge < -0.3 is 14.5 Å². The highest BCUT2D eigenvalue weighted by atomic mass is 16.6. The largest absolute Gasteiger partial charge is 0.448 e. The first-order valence-electron chi connectivity index (χ1n) is 13.8. The van der Waals surface area contributed by atoms with E-state index in [-0.39, 0.29) is 12.1 Å². The van der Waals surface area contributed by atoms with Gasteiger partial charge in [0.2, 0.25) is 0 Å². The van der Waals surface area contributed by atoms with E-state index in [1.165, 1.54) is 35.2 Å². The average molecular weight is 498 g/mol. The van der Waals surface area contributed by atoms with Gasteiger partial charge in [-0.25, -0.2) is 4.79 Å². The Kier molecular flexibility index (Phi) is 8.42. The van der Waals surface area contributed by atoms with Crippen molar-refractivity contribution in [2.75, 3.05) is 31.1 Å². The average Bonchev–Trinajstić information content (AvgIpc) is 2.96. The summed E-state index contributed by atoms with van der Waals surface area (Å²) >= 11 is 0. The number of benzene rings is 3. The Morgan fingerprint density at radius 2 is 1.46 bits per heavy atom. The lowest BCUT2D eigenvalue weighted by Crippen LogP contribution is -2.48. The van der Waals surface area contributed by atoms with Gasteiger partial charge in [-0.05, 0) is 55.4 Å². The van der Waals surface area contributed by atoms with Crippen LogP contribution in [0.25, 0.3) is 0 Å². The Balaban J connectivity index is 1.14. The standard InChI is InChI=1S/C32H39N3O2/c1-26(34(23-27-11-4-2-5-12-27)24-28-13-6-3-7-14-28)25-37-32(36)33-21-18-30(19-22-33)35-20-10-16-29-15-8-9-17-31(29)35/h2-9,11-15,17,26,30H,10,16,18-25H2,1H3/t26-/m0/s1. The number of fused-ring (bicyclic) bond motifs is 1. The summed E-state index contributed by atoms with van der Waals surface area (Å²) in [6.07, 6.45) is 4.19. The summed E-state index contributed by atoms with van der Waals surface area (Å²) in [6, 6.07) is 30.4. The smallest absolute Gasteiger partial charge is 0.409 e. The van der Waals surface area contributed by atoms with E-state index in [1.807, 2.05) is 17.0 Å². The van der Waals surface area contributed by atoms with Gasteiger partial charge in [0.25, 0.3) is 0 Å². The van der Waals surface area contributed by atoms with Crippen molar-refractivity contribution in [3.05, 3.63) is 102 Å². The third-order valence-corrected chi connectivity index (χ3v) is 7.84. The van der Waals surface area contributed by atoms with Gasteiger partial charge in [-0.15, -0.1) is 0 Å². The number of ether oxygens (including phenoxy) is 1. The lowest BCUT2D eigenvalue weighted by Gasteiger charge is -2.42. The van der Waals surface area contributed by atoms with Crippen molar-refractivity contribution in [3.63, 3.8) is 0 Å². The van der Waals surface area contributed by atoms with Crippen LogP contribution in [0.3, 0.4) is 0 Å². The minimum Gasteiger partial charge on any atom is -0.448 e. The highest BCUT2D eigenvalue weighted by Crippen LogP contribution is 2.31. The quantitative estimate of drug-likeness (QED) is 0.375. The maximum atomic E-state index is 13.0. The lowest BCUT2D eigenvalue weighted by molar-refractivity contribution is 0.0587. The molecular weight excluding hydrogens is 458 g/mol. The SMILES string of the molecule is C[C@@H](COC(=O)N1CCC(N2CCCc3ccccc32)CC1)N(Cc1ccccc1)Cc1ccccc1. The molecule has 2 aliphatic rings. The van der Waals surface area contributed by atoms with Crippen LogP contribution in [0.4, 0.5) is 10.5 Å². The van der Waals surface area contributed by atoms with Crippen molar-refractivity contribution in [1.82, 2.24) is 9.80 Å². The van der Waals surface area contributed by atoms with Crippen LogP contribution in [0, 0.1) is 0 Å². The summed E-state index contributed by atoms with van der Waals surface area (Å²) < 4.78 is 5.87. The maximum Gasteiger partial charge on any atom is 0.409 e. The Morgan fingerprint density at radius 1 is 0.865 bits per heavy atom. The van der Waals surface area contributed by atoms with Crippen LogP contribution in [-0.4, -0.2) is 54.2 Å². The maximum absolute atomic E-state index is 13.0. The number of amides is 1. The Morgan fingerprint density at radius 3 is 2.11 bits per heavy atom. The number of hydrogen-bond acceptors (Lipinski definition) is 4. The normalized spacial score (nSPS) is 16.9. The van der Waals surface area contributed by atoms with Gasteiger partial charge in [-0.1, -0.05) is 78.9 Å². The number of likely N-dealkylation sites (tertiary alicyclic amines) is 1. The first-order valence-corrected chi connectivity index (χ1v) is 13.8. The third-order valence-electron chi connectivity index (χ3n) is 7.84. The molecule has 0 aliphatic carbocycles. The van der Waals surface area contributed by atoms with E-state index >= 15 is 0 Å². The number of anilines is 1. The molecule has 1 amide bonds. The summed E-state index contributed by atoms with van der Waals surface area (Å²) in [5, 5.41) is 0. The lowest BCUT2D eigenvalue weighted by atomic mass is 9.96. The predicted octanol–water partition coefficient (Wildman–Crippen LogP) is 6.13. The van der Waals surface area contributed by atoms with Crippen molar-refractivity contribution >= 4 is 11.8 Å². The van der Waals surface area contributed by atoms with Crippen LogP contribution >= 0.6 is 0 Å². The molecule has 37 heavy (non-hydrogen) atoms. The minimum atomic E-state index is -0.177. The molecule has 0 spiro atoms. The molecule has 0 saturated carbocycles. The Bertz CT molecular complexity index is 1090. The molecule has 194 valence electrons. The molecule has 0 unspecified atom stereocenters. The molecule has 3 aromatic carbocycles. The second-order valence-corrected chi connectivity index (χ2v) is 10.4. The number of hydrogen-bond donors (Lipinski definition) is 0. The van der Waals surface area contributed by atoms with E-state index in [9.17, 15) is 4.79 Å². The molecular formula is C32H39N3O2. The zero-order valence-electron chi connectivity index (χ0n) is 22.0. The first kappa shape index (κ1) is 25.3. The van der Waals surface area contributed by atoms with Crippen molar-refractivity contribution < 1.29 is 9.53 Å². The highest BCUT2D eigenvalue weighted by Gasteiger charge is 2.30. The zero-order chi connectivity index (χ0) is 25.5. The zero-order valence-corrected chi connectivity index (χ0v) is 22.0. The van der Waals surface area contributed by atoms with E-state index in [4.69, 9.17) is 4.74 Å². The molecule has 0 N–H and O–H groups in total. The van der Waals surface area contributed by atoms with E-state index in [0.29, 0.717) is 12.6 Å². The molecule has 0 bridgehead atoms. The van der Waals surface area contributed by atoms with Crippen LogP contribution in [0.2, 0.25) is 0 Å². The molecule has 0 radical (unpaired) electrons. The molecule has 1 saturated heterocycles. The summed E-state index contributed by atoms with van der Waals surface area (Å²) in [7, 11) is 0. The number of para-hydroxylation sites is 1. The summed E-state index contributed by atoms with van der Waals surface area (Å²) in [4.78, 5) is 19.9. The first-order chi connectivity index (χ1) is 18.2. The number of aryl methyl sites for hydroxylation is 1. The fraction of sp³-hybridized carbons (Fsp3) is 0.406. The summed E-state index contributed by atoms with van der Waals surface area (Å²) in [5.74, 6) is 0. The molecule has 1 fully saturated rings. The molecule has 2 heterocycles. The molecule has 3 aromatic rings. The van der Waals surface area contributed by atoms with Crippen molar-refractivity contribution in [1.29, 1.82) is 0 Å². The van der Waals surface area contributed by atoms with E-state index < -0.39 is 0 Å². The Hall–Kier alpha value is -3.31. The number of carbonyl (C=O) groups excluding carboxylic acids is 1. The fourth-order valence-electron chi connectivity index (χ4n) is 5.69. The van der Waals surface area contributed by atoms with Crippen LogP contribution in [0.15, 0.2) is 84.9 Å². The number of rotatable bonds is 8. The van der Waals surface area contributed by atoms with Crippen LogP contribution in [-0.2, 0) is 24.2 Å². The van der Waals surface area contributed by atoms with E-state index in [0.717, 1.165) is 45.6 Å². The van der Waals surface area contributed by atoms with E-state index in [2.05, 4.69) is 89.5 Å². The highest BCUT2D eigenvalue weighted by molar-refractivity contribution is 5.68. The Labute approximate surface area is 221 Å². The van der Waals surface area contributed by atoms with Crippen molar-refractivity contribution in [3.8, 4) is 0 Å². The van der Waals surface area contributed by atoms with Gasteiger partial charge >= 0.3 is 6.09 Å². The van der Waals surface area contributed by atoms with Gasteiger partial charge in [-0.3, -0.25) is 4.90 Å². The van der Waals surface area contributed by atoms with Crippen LogP contribution in [0.1, 0.15) is 42.9 Å². The van der Waals surface area contributed by atoms with E-state index in [1.54, 1.807) is 0 Å². The predicted molar refractivity (Wildman–Crippen MR) is 150 cm³/mol. The molecule has 0 aromatic heterocycles. The second kappa shape index (κ2) is 12.3. The van der Waals surface area contributed by atoms with Crippen molar-refractivity contribution in [2.24, 2.45) is 0 Å². The molecule has 5 rings (SSSR count). The van der Waals surface area contributed by atoms with Gasteiger partial charge in [-0.2, -0.15) is 0 Å².